The van der Waals surface area contributed by atoms with Gasteiger partial charge in [0.2, 0.25) is 0 Å². The minimum atomic E-state index is -0.473. The van der Waals surface area contributed by atoms with E-state index in [1.54, 1.807) is 30.3 Å². The molecule has 0 atom stereocenters. The maximum atomic E-state index is 12.1. The predicted molar refractivity (Wildman–Crippen MR) is 106 cm³/mol. The smallest absolute Gasteiger partial charge is 0.276 e. The van der Waals surface area contributed by atoms with Crippen molar-refractivity contribution in [1.82, 2.24) is 10.9 Å². The molecule has 28 heavy (non-hydrogen) atoms. The highest BCUT2D eigenvalue weighted by Gasteiger charge is 2.10. The molecular weight excluding hydrogens is 356 g/mol. The van der Waals surface area contributed by atoms with Gasteiger partial charge in [-0.25, -0.2) is 0 Å². The Bertz CT molecular complexity index is 958. The molecule has 0 aliphatic carbocycles. The standard InChI is InChI=1S/C22H20N2O4/c1-27-18-11-7-10-17(14-18)22(26)24-23-21(25)15-28-20-13-6-5-12-19(20)16-8-3-2-4-9-16/h2-14H,15H2,1H3,(H,23,25)(H,24,26). The second-order valence-corrected chi connectivity index (χ2v) is 5.89. The Morgan fingerprint density at radius 1 is 0.857 bits per heavy atom. The average molecular weight is 376 g/mol. The summed E-state index contributed by atoms with van der Waals surface area (Å²) in [7, 11) is 1.52. The maximum absolute atomic E-state index is 12.1. The zero-order valence-corrected chi connectivity index (χ0v) is 15.3. The Morgan fingerprint density at radius 3 is 2.39 bits per heavy atom. The third-order valence-electron chi connectivity index (χ3n) is 3.98. The second kappa shape index (κ2) is 9.23. The van der Waals surface area contributed by atoms with E-state index in [1.807, 2.05) is 48.5 Å². The van der Waals surface area contributed by atoms with Crippen molar-refractivity contribution in [3.8, 4) is 22.6 Å². The van der Waals surface area contributed by atoms with Gasteiger partial charge >= 0.3 is 0 Å². The van der Waals surface area contributed by atoms with Crippen molar-refractivity contribution < 1.29 is 19.1 Å². The van der Waals surface area contributed by atoms with Crippen LogP contribution in [0.1, 0.15) is 10.4 Å². The summed E-state index contributed by atoms with van der Waals surface area (Å²) in [4.78, 5) is 24.2. The molecule has 2 N–H and O–H groups in total. The van der Waals surface area contributed by atoms with Crippen LogP contribution < -0.4 is 20.3 Å². The van der Waals surface area contributed by atoms with Gasteiger partial charge in [-0.05, 0) is 29.8 Å². The highest BCUT2D eigenvalue weighted by atomic mass is 16.5. The molecule has 142 valence electrons. The van der Waals surface area contributed by atoms with E-state index in [4.69, 9.17) is 9.47 Å². The number of ether oxygens (including phenoxy) is 2. The van der Waals surface area contributed by atoms with E-state index in [1.165, 1.54) is 7.11 Å². The summed E-state index contributed by atoms with van der Waals surface area (Å²) in [5.74, 6) is 0.221. The van der Waals surface area contributed by atoms with Crippen molar-refractivity contribution in [1.29, 1.82) is 0 Å². The lowest BCUT2D eigenvalue weighted by molar-refractivity contribution is -0.123. The number of para-hydroxylation sites is 1. The van der Waals surface area contributed by atoms with Crippen LogP contribution in [0, 0.1) is 0 Å². The highest BCUT2D eigenvalue weighted by Crippen LogP contribution is 2.29. The fraction of sp³-hybridized carbons (Fsp3) is 0.0909. The van der Waals surface area contributed by atoms with Crippen LogP contribution in [0.3, 0.4) is 0 Å². The first-order valence-corrected chi connectivity index (χ1v) is 8.68. The van der Waals surface area contributed by atoms with Gasteiger partial charge in [-0.15, -0.1) is 0 Å². The molecule has 0 bridgehead atoms. The van der Waals surface area contributed by atoms with Crippen molar-refractivity contribution in [2.75, 3.05) is 13.7 Å². The summed E-state index contributed by atoms with van der Waals surface area (Å²) >= 11 is 0. The number of hydrazine groups is 1. The first kappa shape index (κ1) is 19.0. The predicted octanol–water partition coefficient (Wildman–Crippen LogP) is 3.20. The minimum absolute atomic E-state index is 0.234. The Hall–Kier alpha value is -3.80. The van der Waals surface area contributed by atoms with Gasteiger partial charge in [-0.3, -0.25) is 20.4 Å². The molecule has 0 aromatic heterocycles. The van der Waals surface area contributed by atoms with E-state index in [0.29, 0.717) is 17.1 Å². The first-order chi connectivity index (χ1) is 13.7. The van der Waals surface area contributed by atoms with Gasteiger partial charge in [0.05, 0.1) is 7.11 Å². The van der Waals surface area contributed by atoms with Crippen molar-refractivity contribution in [3.63, 3.8) is 0 Å². The van der Waals surface area contributed by atoms with Crippen molar-refractivity contribution >= 4 is 11.8 Å². The maximum Gasteiger partial charge on any atom is 0.276 e. The molecule has 0 unspecified atom stereocenters. The van der Waals surface area contributed by atoms with Crippen LogP contribution >= 0.6 is 0 Å². The zero-order valence-electron chi connectivity index (χ0n) is 15.3. The number of hydrogen-bond acceptors (Lipinski definition) is 4. The molecule has 0 saturated heterocycles. The molecule has 0 spiro atoms. The van der Waals surface area contributed by atoms with Crippen LogP contribution in [-0.2, 0) is 4.79 Å². The van der Waals surface area contributed by atoms with E-state index < -0.39 is 11.8 Å². The molecule has 0 radical (unpaired) electrons. The summed E-state index contributed by atoms with van der Waals surface area (Å²) in [6.07, 6.45) is 0. The van der Waals surface area contributed by atoms with Crippen LogP contribution in [0.15, 0.2) is 78.9 Å². The molecule has 0 aliphatic heterocycles. The van der Waals surface area contributed by atoms with Crippen LogP contribution in [0.5, 0.6) is 11.5 Å². The number of benzene rings is 3. The van der Waals surface area contributed by atoms with E-state index >= 15 is 0 Å². The molecule has 3 aromatic rings. The van der Waals surface area contributed by atoms with Gasteiger partial charge in [-0.1, -0.05) is 54.6 Å². The topological polar surface area (TPSA) is 76.7 Å². The van der Waals surface area contributed by atoms with Gasteiger partial charge in [0.1, 0.15) is 11.5 Å². The fourth-order valence-electron chi connectivity index (χ4n) is 2.59. The van der Waals surface area contributed by atoms with Crippen molar-refractivity contribution in [2.45, 2.75) is 0 Å². The van der Waals surface area contributed by atoms with Gasteiger partial charge in [0.15, 0.2) is 6.61 Å². The Labute approximate surface area is 163 Å². The van der Waals surface area contributed by atoms with Crippen molar-refractivity contribution in [3.05, 3.63) is 84.4 Å². The van der Waals surface area contributed by atoms with Gasteiger partial charge in [0.25, 0.3) is 11.8 Å². The average Bonchev–Trinajstić information content (AvgIpc) is 2.76. The summed E-state index contributed by atoms with van der Waals surface area (Å²) in [6.45, 7) is -0.234. The number of nitrogens with one attached hydrogen (secondary N) is 2. The van der Waals surface area contributed by atoms with Crippen molar-refractivity contribution in [2.24, 2.45) is 0 Å². The molecular formula is C22H20N2O4. The lowest BCUT2D eigenvalue weighted by Crippen LogP contribution is -2.43. The van der Waals surface area contributed by atoms with E-state index in [9.17, 15) is 9.59 Å². The fourth-order valence-corrected chi connectivity index (χ4v) is 2.59. The zero-order chi connectivity index (χ0) is 19.8. The molecule has 0 aliphatic rings. The van der Waals surface area contributed by atoms with Crippen LogP contribution in [0.4, 0.5) is 0 Å². The van der Waals surface area contributed by atoms with Crippen LogP contribution in [0.2, 0.25) is 0 Å². The number of carbonyl (C=O) groups excluding carboxylic acids is 2. The van der Waals surface area contributed by atoms with E-state index in [0.717, 1.165) is 11.1 Å². The van der Waals surface area contributed by atoms with Gasteiger partial charge in [0, 0.05) is 11.1 Å². The lowest BCUT2D eigenvalue weighted by Gasteiger charge is -2.12. The normalized spacial score (nSPS) is 10.0. The largest absolute Gasteiger partial charge is 0.497 e. The lowest BCUT2D eigenvalue weighted by atomic mass is 10.1. The molecule has 3 aromatic carbocycles. The molecule has 0 saturated carbocycles. The Morgan fingerprint density at radius 2 is 1.61 bits per heavy atom. The van der Waals surface area contributed by atoms with E-state index in [2.05, 4.69) is 10.9 Å². The summed E-state index contributed by atoms with van der Waals surface area (Å²) < 4.78 is 10.7. The molecule has 2 amide bonds. The van der Waals surface area contributed by atoms with Crippen LogP contribution in [-0.4, -0.2) is 25.5 Å². The first-order valence-electron chi connectivity index (χ1n) is 8.68. The summed E-state index contributed by atoms with van der Waals surface area (Å²) in [5.41, 5.74) is 6.95. The van der Waals surface area contributed by atoms with Gasteiger partial charge < -0.3 is 9.47 Å². The SMILES string of the molecule is COc1cccc(C(=O)NNC(=O)COc2ccccc2-c2ccccc2)c1. The number of carbonyl (C=O) groups is 2. The molecule has 6 heteroatoms. The minimum Gasteiger partial charge on any atom is -0.497 e. The number of rotatable bonds is 6. The second-order valence-electron chi connectivity index (χ2n) is 5.89. The summed E-state index contributed by atoms with van der Waals surface area (Å²) in [5, 5.41) is 0. The monoisotopic (exact) mass is 376 g/mol. The Balaban J connectivity index is 1.56. The van der Waals surface area contributed by atoms with Crippen LogP contribution in [0.25, 0.3) is 11.1 Å². The molecule has 0 heterocycles. The highest BCUT2D eigenvalue weighted by molar-refractivity contribution is 5.95. The molecule has 6 nitrogen and oxygen atoms in total. The third-order valence-corrected chi connectivity index (χ3v) is 3.98. The third kappa shape index (κ3) is 4.88. The van der Waals surface area contributed by atoms with E-state index in [-0.39, 0.29) is 6.61 Å². The molecule has 3 rings (SSSR count). The number of amides is 2. The van der Waals surface area contributed by atoms with Gasteiger partial charge in [-0.2, -0.15) is 0 Å². The number of methoxy groups -OCH3 is 1. The number of hydrogen-bond donors (Lipinski definition) is 2. The summed E-state index contributed by atoms with van der Waals surface area (Å²) in [6, 6.07) is 23.8. The molecule has 0 fully saturated rings. The Kier molecular flexibility index (Phi) is 6.25. The quantitative estimate of drug-likeness (QED) is 0.648.